The summed E-state index contributed by atoms with van der Waals surface area (Å²) in [5.74, 6) is -0.710. The molecule has 2 aromatic rings. The first kappa shape index (κ1) is 21.1. The number of carbonyl (C=O) groups excluding carboxylic acids is 2. The quantitative estimate of drug-likeness (QED) is 0.523. The summed E-state index contributed by atoms with van der Waals surface area (Å²) in [5, 5.41) is 23.7. The smallest absolute Gasteiger partial charge is 0.426 e. The van der Waals surface area contributed by atoms with Crippen molar-refractivity contribution < 1.29 is 19.6 Å². The van der Waals surface area contributed by atoms with Crippen LogP contribution in [0.2, 0.25) is 5.02 Å². The zero-order valence-corrected chi connectivity index (χ0v) is 16.5. The van der Waals surface area contributed by atoms with Gasteiger partial charge in [-0.3, -0.25) is 9.59 Å². The molecule has 0 fully saturated rings. The van der Waals surface area contributed by atoms with Gasteiger partial charge < -0.3 is 20.7 Å². The van der Waals surface area contributed by atoms with Crippen molar-refractivity contribution in [3.63, 3.8) is 0 Å². The summed E-state index contributed by atoms with van der Waals surface area (Å²) >= 11 is 6.30. The molecule has 3 rings (SSSR count). The zero-order chi connectivity index (χ0) is 20.8. The number of rotatable bonds is 7. The van der Waals surface area contributed by atoms with Gasteiger partial charge in [0.05, 0.1) is 18.9 Å². The van der Waals surface area contributed by atoms with Crippen molar-refractivity contribution in [2.75, 3.05) is 6.44 Å². The topological polar surface area (TPSA) is 98.7 Å². The van der Waals surface area contributed by atoms with Crippen LogP contribution in [0.25, 0.3) is 5.57 Å². The van der Waals surface area contributed by atoms with Gasteiger partial charge in [-0.1, -0.05) is 60.1 Å². The maximum absolute atomic E-state index is 13.1. The summed E-state index contributed by atoms with van der Waals surface area (Å²) in [6, 6.07) is 14.1. The van der Waals surface area contributed by atoms with E-state index in [0.29, 0.717) is 16.2 Å². The Hall–Kier alpha value is -2.61. The highest BCUT2D eigenvalue weighted by Gasteiger charge is 2.25. The molecule has 8 heteroatoms. The predicted octanol–water partition coefficient (Wildman–Crippen LogP) is 2.05. The summed E-state index contributed by atoms with van der Waals surface area (Å²) in [5.41, 5.74) is 3.20. The first-order valence-corrected chi connectivity index (χ1v) is 9.80. The van der Waals surface area contributed by atoms with E-state index in [0.717, 1.165) is 24.0 Å². The zero-order valence-electron chi connectivity index (χ0n) is 15.8. The van der Waals surface area contributed by atoms with Crippen molar-refractivity contribution >= 4 is 36.1 Å². The number of hydrogen-bond acceptors (Lipinski definition) is 4. The Kier molecular flexibility index (Phi) is 7.09. The van der Waals surface area contributed by atoms with E-state index in [1.54, 1.807) is 24.3 Å². The Bertz CT molecular complexity index is 932. The lowest BCUT2D eigenvalue weighted by Gasteiger charge is -2.23. The van der Waals surface area contributed by atoms with Crippen molar-refractivity contribution in [3.8, 4) is 0 Å². The molecule has 1 atom stereocenters. The first-order chi connectivity index (χ1) is 14.0. The second-order valence-electron chi connectivity index (χ2n) is 6.85. The molecule has 29 heavy (non-hydrogen) atoms. The van der Waals surface area contributed by atoms with Gasteiger partial charge in [-0.05, 0) is 35.6 Å². The van der Waals surface area contributed by atoms with Gasteiger partial charge in [0.2, 0.25) is 5.91 Å². The maximum Gasteiger partial charge on any atom is 0.472 e. The molecule has 4 N–H and O–H groups in total. The third-order valence-corrected chi connectivity index (χ3v) is 5.12. The lowest BCUT2D eigenvalue weighted by Crippen LogP contribution is -2.38. The van der Waals surface area contributed by atoms with Crippen LogP contribution in [0.1, 0.15) is 35.6 Å². The van der Waals surface area contributed by atoms with Gasteiger partial charge in [0.1, 0.15) is 0 Å². The molecule has 6 nitrogen and oxygen atoms in total. The number of hydrogen-bond donors (Lipinski definition) is 4. The Morgan fingerprint density at radius 2 is 1.83 bits per heavy atom. The summed E-state index contributed by atoms with van der Waals surface area (Å²) in [6.07, 6.45) is 3.18. The van der Waals surface area contributed by atoms with Crippen LogP contribution in [0, 0.1) is 0 Å². The summed E-state index contributed by atoms with van der Waals surface area (Å²) < 4.78 is 0. The Labute approximate surface area is 174 Å². The lowest BCUT2D eigenvalue weighted by atomic mass is 9.90. The minimum absolute atomic E-state index is 0.0862. The summed E-state index contributed by atoms with van der Waals surface area (Å²) in [7, 11) is -1.64. The molecule has 0 aromatic heterocycles. The van der Waals surface area contributed by atoms with Gasteiger partial charge in [-0.15, -0.1) is 0 Å². The molecule has 150 valence electrons. The van der Waals surface area contributed by atoms with Crippen LogP contribution in [0.4, 0.5) is 0 Å². The van der Waals surface area contributed by atoms with Crippen molar-refractivity contribution in [1.82, 2.24) is 10.6 Å². The van der Waals surface area contributed by atoms with Crippen LogP contribution in [0.15, 0.2) is 54.6 Å². The fraction of sp³-hybridized carbons (Fsp3) is 0.238. The lowest BCUT2D eigenvalue weighted by molar-refractivity contribution is -0.122. The normalized spacial score (nSPS) is 13.7. The average molecular weight is 413 g/mol. The number of carbonyl (C=O) groups is 2. The van der Waals surface area contributed by atoms with Crippen LogP contribution in [-0.2, 0) is 16.0 Å². The van der Waals surface area contributed by atoms with Crippen molar-refractivity contribution in [2.24, 2.45) is 0 Å². The molecule has 2 aromatic carbocycles. The second kappa shape index (κ2) is 9.74. The van der Waals surface area contributed by atoms with Gasteiger partial charge in [-0.2, -0.15) is 0 Å². The van der Waals surface area contributed by atoms with Crippen molar-refractivity contribution in [2.45, 2.75) is 25.3 Å². The minimum Gasteiger partial charge on any atom is -0.426 e. The third kappa shape index (κ3) is 5.47. The molecule has 1 aliphatic carbocycles. The molecule has 0 aliphatic heterocycles. The van der Waals surface area contributed by atoms with E-state index in [1.807, 2.05) is 30.3 Å². The standard InChI is InChI=1S/C21H22BClN2O4/c23-18-11-4-3-9-17(18)19(12-20(26)24-13-22(28)29)25-21(27)16-10-5-7-14-6-1-2-8-15(14)16/h1-4,6,8-11,19,28-29H,5,7,12-13H2,(H,24,26)(H,25,27). The van der Waals surface area contributed by atoms with E-state index in [2.05, 4.69) is 10.6 Å². The molecular weight excluding hydrogens is 391 g/mol. The number of nitrogens with one attached hydrogen (secondary N) is 2. The van der Waals surface area contributed by atoms with Crippen LogP contribution < -0.4 is 10.6 Å². The van der Waals surface area contributed by atoms with Gasteiger partial charge in [0.15, 0.2) is 0 Å². The number of benzene rings is 2. The molecular formula is C21H22BClN2O4. The molecule has 0 spiro atoms. The van der Waals surface area contributed by atoms with E-state index >= 15 is 0 Å². The number of aryl methyl sites for hydroxylation is 1. The molecule has 1 unspecified atom stereocenters. The molecule has 1 aliphatic rings. The largest absolute Gasteiger partial charge is 0.472 e. The fourth-order valence-corrected chi connectivity index (χ4v) is 3.66. The number of fused-ring (bicyclic) bond motifs is 1. The fourth-order valence-electron chi connectivity index (χ4n) is 3.39. The molecule has 0 radical (unpaired) electrons. The van der Waals surface area contributed by atoms with E-state index in [4.69, 9.17) is 21.6 Å². The van der Waals surface area contributed by atoms with Gasteiger partial charge >= 0.3 is 7.12 Å². The number of amides is 2. The van der Waals surface area contributed by atoms with Crippen LogP contribution in [0.3, 0.4) is 0 Å². The number of allylic oxidation sites excluding steroid dienone is 1. The third-order valence-electron chi connectivity index (χ3n) is 4.77. The molecule has 0 heterocycles. The summed E-state index contributed by atoms with van der Waals surface area (Å²) in [4.78, 5) is 25.3. The molecule has 0 saturated carbocycles. The van der Waals surface area contributed by atoms with E-state index in [-0.39, 0.29) is 18.8 Å². The second-order valence-corrected chi connectivity index (χ2v) is 7.26. The summed E-state index contributed by atoms with van der Waals surface area (Å²) in [6.45, 7) is 0. The van der Waals surface area contributed by atoms with Crippen LogP contribution in [0.5, 0.6) is 0 Å². The maximum atomic E-state index is 13.1. The predicted molar refractivity (Wildman–Crippen MR) is 113 cm³/mol. The SMILES string of the molecule is O=C(CC(NC(=O)C1=CCCc2ccccc21)c1ccccc1Cl)NCB(O)O. The highest BCUT2D eigenvalue weighted by Crippen LogP contribution is 2.29. The monoisotopic (exact) mass is 412 g/mol. The highest BCUT2D eigenvalue weighted by molar-refractivity contribution is 6.41. The van der Waals surface area contributed by atoms with Crippen LogP contribution >= 0.6 is 11.6 Å². The first-order valence-electron chi connectivity index (χ1n) is 9.42. The van der Waals surface area contributed by atoms with E-state index in [1.165, 1.54) is 0 Å². The average Bonchev–Trinajstić information content (AvgIpc) is 2.71. The van der Waals surface area contributed by atoms with Crippen molar-refractivity contribution in [3.05, 3.63) is 76.3 Å². The van der Waals surface area contributed by atoms with Gasteiger partial charge in [0.25, 0.3) is 5.91 Å². The highest BCUT2D eigenvalue weighted by atomic mass is 35.5. The van der Waals surface area contributed by atoms with Crippen LogP contribution in [-0.4, -0.2) is 35.4 Å². The number of halogens is 1. The Morgan fingerprint density at radius 1 is 1.10 bits per heavy atom. The van der Waals surface area contributed by atoms with Gasteiger partial charge in [0, 0.05) is 10.6 Å². The van der Waals surface area contributed by atoms with Crippen molar-refractivity contribution in [1.29, 1.82) is 0 Å². The van der Waals surface area contributed by atoms with Gasteiger partial charge in [-0.25, -0.2) is 0 Å². The molecule has 0 bridgehead atoms. The van der Waals surface area contributed by atoms with E-state index in [9.17, 15) is 9.59 Å². The Balaban J connectivity index is 1.81. The molecule has 0 saturated heterocycles. The van der Waals surface area contributed by atoms with E-state index < -0.39 is 19.1 Å². The Morgan fingerprint density at radius 3 is 2.59 bits per heavy atom. The minimum atomic E-state index is -1.64. The molecule has 2 amide bonds.